The highest BCUT2D eigenvalue weighted by atomic mass is 16.2. The Morgan fingerprint density at radius 3 is 2.49 bits per heavy atom. The van der Waals surface area contributed by atoms with E-state index in [4.69, 9.17) is 0 Å². The number of amides is 3. The van der Waals surface area contributed by atoms with E-state index < -0.39 is 5.41 Å². The van der Waals surface area contributed by atoms with Crippen LogP contribution < -0.4 is 0 Å². The van der Waals surface area contributed by atoms with Gasteiger partial charge in [0.15, 0.2) is 0 Å². The zero-order valence-corrected chi connectivity index (χ0v) is 20.7. The average Bonchev–Trinajstić information content (AvgIpc) is 3.54. The Kier molecular flexibility index (Phi) is 6.21. The molecule has 2 unspecified atom stereocenters. The lowest BCUT2D eigenvalue weighted by Crippen LogP contribution is -2.43. The number of nitrogens with zero attached hydrogens (tertiary/aromatic N) is 4. The molecule has 1 aromatic heterocycles. The first-order chi connectivity index (χ1) is 16.9. The van der Waals surface area contributed by atoms with Gasteiger partial charge in [-0.2, -0.15) is 0 Å². The van der Waals surface area contributed by atoms with Gasteiger partial charge in [0.1, 0.15) is 0 Å². The minimum absolute atomic E-state index is 0.0213. The van der Waals surface area contributed by atoms with Crippen molar-refractivity contribution in [2.24, 2.45) is 5.41 Å². The summed E-state index contributed by atoms with van der Waals surface area (Å²) in [4.78, 5) is 50.7. The van der Waals surface area contributed by atoms with Crippen LogP contribution in [0, 0.1) is 12.3 Å². The molecule has 4 heterocycles. The van der Waals surface area contributed by atoms with Gasteiger partial charge in [-0.15, -0.1) is 0 Å². The number of aryl methyl sites for hydroxylation is 1. The van der Waals surface area contributed by atoms with Crippen LogP contribution in [0.25, 0.3) is 0 Å². The van der Waals surface area contributed by atoms with Crippen LogP contribution in [-0.2, 0) is 26.3 Å². The maximum Gasteiger partial charge on any atom is 0.241 e. The third-order valence-corrected chi connectivity index (χ3v) is 8.37. The summed E-state index contributed by atoms with van der Waals surface area (Å²) in [6, 6.07) is 11.3. The van der Waals surface area contributed by atoms with E-state index in [9.17, 15) is 14.4 Å². The van der Waals surface area contributed by atoms with Gasteiger partial charge in [0.2, 0.25) is 17.7 Å². The molecule has 1 spiro atoms. The van der Waals surface area contributed by atoms with E-state index >= 15 is 0 Å². The highest BCUT2D eigenvalue weighted by Crippen LogP contribution is 2.44. The summed E-state index contributed by atoms with van der Waals surface area (Å²) in [6.45, 7) is 8.96. The van der Waals surface area contributed by atoms with Crippen molar-refractivity contribution < 1.29 is 14.4 Å². The summed E-state index contributed by atoms with van der Waals surface area (Å²) in [5.41, 5.74) is 1.57. The third-order valence-electron chi connectivity index (χ3n) is 8.37. The number of benzene rings is 1. The van der Waals surface area contributed by atoms with Crippen LogP contribution in [0.2, 0.25) is 0 Å². The smallest absolute Gasteiger partial charge is 0.241 e. The van der Waals surface area contributed by atoms with E-state index in [2.05, 4.69) is 16.8 Å². The molecule has 184 valence electrons. The number of hydrogen-bond acceptors (Lipinski definition) is 5. The zero-order chi connectivity index (χ0) is 24.6. The lowest BCUT2D eigenvalue weighted by Gasteiger charge is -2.31. The highest BCUT2D eigenvalue weighted by Gasteiger charge is 2.55. The van der Waals surface area contributed by atoms with Gasteiger partial charge in [-0.3, -0.25) is 24.3 Å². The summed E-state index contributed by atoms with van der Waals surface area (Å²) in [5.74, 6) is -0.518. The second-order valence-corrected chi connectivity index (χ2v) is 10.6. The first kappa shape index (κ1) is 23.7. The van der Waals surface area contributed by atoms with E-state index in [1.54, 1.807) is 12.4 Å². The minimum Gasteiger partial charge on any atom is -0.342 e. The molecule has 0 radical (unpaired) electrons. The number of aromatic nitrogens is 1. The number of pyridine rings is 1. The standard InChI is InChI=1S/C28H34N4O3/c1-3-30-14-10-27(19-30)11-15-31(20-27)24(33)16-28(23-7-5-4-6-21(23)2)17-25(34)32(26(28)35)18-22-8-12-29-13-9-22/h4-9,12-13H,3,10-11,14-20H2,1-2H3. The van der Waals surface area contributed by atoms with Crippen LogP contribution >= 0.6 is 0 Å². The van der Waals surface area contributed by atoms with Crippen molar-refractivity contribution in [1.82, 2.24) is 19.7 Å². The van der Waals surface area contributed by atoms with Gasteiger partial charge < -0.3 is 9.80 Å². The van der Waals surface area contributed by atoms with Gasteiger partial charge in [0.25, 0.3) is 0 Å². The number of carbonyl (C=O) groups is 3. The van der Waals surface area contributed by atoms with Gasteiger partial charge in [-0.1, -0.05) is 31.2 Å². The Balaban J connectivity index is 1.42. The molecule has 3 aliphatic heterocycles. The lowest BCUT2D eigenvalue weighted by atomic mass is 9.74. The fourth-order valence-corrected chi connectivity index (χ4v) is 6.33. The van der Waals surface area contributed by atoms with Crippen LogP contribution in [0.5, 0.6) is 0 Å². The second-order valence-electron chi connectivity index (χ2n) is 10.6. The summed E-state index contributed by atoms with van der Waals surface area (Å²) in [5, 5.41) is 0. The maximum absolute atomic E-state index is 14.0. The number of imide groups is 1. The van der Waals surface area contributed by atoms with Crippen molar-refractivity contribution in [3.63, 3.8) is 0 Å². The van der Waals surface area contributed by atoms with E-state index in [1.165, 1.54) is 4.90 Å². The van der Waals surface area contributed by atoms with Crippen LogP contribution in [0.3, 0.4) is 0 Å². The fraction of sp³-hybridized carbons (Fsp3) is 0.500. The molecule has 1 aromatic carbocycles. The van der Waals surface area contributed by atoms with Gasteiger partial charge in [0, 0.05) is 50.3 Å². The largest absolute Gasteiger partial charge is 0.342 e. The monoisotopic (exact) mass is 474 g/mol. The zero-order valence-electron chi connectivity index (χ0n) is 20.7. The molecular weight excluding hydrogens is 440 g/mol. The van der Waals surface area contributed by atoms with Gasteiger partial charge in [-0.05, 0) is 61.7 Å². The molecule has 2 aromatic rings. The van der Waals surface area contributed by atoms with Crippen molar-refractivity contribution in [3.8, 4) is 0 Å². The topological polar surface area (TPSA) is 73.8 Å². The second kappa shape index (κ2) is 9.19. The fourth-order valence-electron chi connectivity index (χ4n) is 6.33. The Labute approximate surface area is 207 Å². The first-order valence-electron chi connectivity index (χ1n) is 12.7. The molecular formula is C28H34N4O3. The van der Waals surface area contributed by atoms with Crippen molar-refractivity contribution in [2.45, 2.75) is 51.5 Å². The molecule has 3 aliphatic rings. The first-order valence-corrected chi connectivity index (χ1v) is 12.7. The normalized spacial score (nSPS) is 26.9. The van der Waals surface area contributed by atoms with E-state index in [0.29, 0.717) is 0 Å². The van der Waals surface area contributed by atoms with Crippen LogP contribution in [0.1, 0.15) is 49.3 Å². The van der Waals surface area contributed by atoms with Crippen molar-refractivity contribution in [3.05, 3.63) is 65.5 Å². The van der Waals surface area contributed by atoms with Gasteiger partial charge >= 0.3 is 0 Å². The number of carbonyl (C=O) groups excluding carboxylic acids is 3. The summed E-state index contributed by atoms with van der Waals surface area (Å²) < 4.78 is 0. The van der Waals surface area contributed by atoms with Crippen LogP contribution in [-0.4, -0.2) is 70.1 Å². The van der Waals surface area contributed by atoms with Crippen molar-refractivity contribution >= 4 is 17.7 Å². The maximum atomic E-state index is 14.0. The number of hydrogen-bond donors (Lipinski definition) is 0. The van der Waals surface area contributed by atoms with E-state index in [-0.39, 0.29) is 42.5 Å². The predicted octanol–water partition coefficient (Wildman–Crippen LogP) is 2.92. The molecule has 3 saturated heterocycles. The molecule has 5 rings (SSSR count). The molecule has 0 saturated carbocycles. The summed E-state index contributed by atoms with van der Waals surface area (Å²) in [7, 11) is 0. The third kappa shape index (κ3) is 4.27. The van der Waals surface area contributed by atoms with Crippen LogP contribution in [0.4, 0.5) is 0 Å². The predicted molar refractivity (Wildman–Crippen MR) is 132 cm³/mol. The summed E-state index contributed by atoms with van der Waals surface area (Å²) in [6.07, 6.45) is 5.49. The molecule has 3 fully saturated rings. The molecule has 7 nitrogen and oxygen atoms in total. The molecule has 2 atom stereocenters. The summed E-state index contributed by atoms with van der Waals surface area (Å²) >= 11 is 0. The molecule has 35 heavy (non-hydrogen) atoms. The van der Waals surface area contributed by atoms with E-state index in [1.807, 2.05) is 48.2 Å². The molecule has 0 N–H and O–H groups in total. The molecule has 0 aliphatic carbocycles. The lowest BCUT2D eigenvalue weighted by molar-refractivity contribution is -0.143. The minimum atomic E-state index is -1.16. The Hall–Kier alpha value is -3.06. The molecule has 7 heteroatoms. The molecule has 0 bridgehead atoms. The highest BCUT2D eigenvalue weighted by molar-refractivity contribution is 6.10. The van der Waals surface area contributed by atoms with Crippen molar-refractivity contribution in [2.75, 3.05) is 32.7 Å². The number of likely N-dealkylation sites (tertiary alicyclic amines) is 3. The van der Waals surface area contributed by atoms with E-state index in [0.717, 1.165) is 62.3 Å². The van der Waals surface area contributed by atoms with Gasteiger partial charge in [0.05, 0.1) is 12.0 Å². The quantitative estimate of drug-likeness (QED) is 0.602. The SMILES string of the molecule is CCN1CCC2(CCN(C(=O)CC3(c4ccccc4C)CC(=O)N(Cc4ccncc4)C3=O)C2)C1. The Morgan fingerprint density at radius 2 is 1.77 bits per heavy atom. The van der Waals surface area contributed by atoms with Crippen molar-refractivity contribution in [1.29, 1.82) is 0 Å². The Morgan fingerprint density at radius 1 is 1.03 bits per heavy atom. The molecule has 3 amide bonds. The average molecular weight is 475 g/mol. The Bertz CT molecular complexity index is 1140. The van der Waals surface area contributed by atoms with Gasteiger partial charge in [-0.25, -0.2) is 0 Å². The number of rotatable bonds is 6. The van der Waals surface area contributed by atoms with Crippen LogP contribution in [0.15, 0.2) is 48.8 Å².